The van der Waals surface area contributed by atoms with Crippen LogP contribution in [0, 0.1) is 0 Å². The van der Waals surface area contributed by atoms with Crippen LogP contribution in [0.5, 0.6) is 0 Å². The van der Waals surface area contributed by atoms with E-state index in [9.17, 15) is 14.4 Å². The molecule has 1 saturated carbocycles. The standard InChI is InChI=1S/C23H31NO4/c1-2-3-4-5-6-10-15-28-23(27)17-13-14-19-20(16-17)22(26)24(21(19)25)18-11-8-7-9-12-18/h13-14,16,18H,2-12,15H2,1H3. The zero-order valence-electron chi connectivity index (χ0n) is 16.9. The van der Waals surface area contributed by atoms with E-state index in [1.165, 1.54) is 30.2 Å². The molecular weight excluding hydrogens is 354 g/mol. The molecule has 1 aliphatic carbocycles. The van der Waals surface area contributed by atoms with Crippen LogP contribution in [0.4, 0.5) is 0 Å². The molecule has 0 radical (unpaired) electrons. The number of unbranched alkanes of at least 4 members (excludes halogenated alkanes) is 5. The summed E-state index contributed by atoms with van der Waals surface area (Å²) in [6, 6.07) is 4.71. The Kier molecular flexibility index (Phi) is 7.24. The molecule has 5 heteroatoms. The van der Waals surface area contributed by atoms with Crippen LogP contribution in [-0.2, 0) is 4.74 Å². The van der Waals surface area contributed by atoms with Crippen molar-refractivity contribution in [3.8, 4) is 0 Å². The number of benzene rings is 1. The first kappa shape index (κ1) is 20.6. The van der Waals surface area contributed by atoms with Crippen LogP contribution >= 0.6 is 0 Å². The van der Waals surface area contributed by atoms with Gasteiger partial charge in [0.1, 0.15) is 0 Å². The Labute approximate surface area is 167 Å². The van der Waals surface area contributed by atoms with Crippen molar-refractivity contribution in [2.24, 2.45) is 0 Å². The minimum absolute atomic E-state index is 0.00994. The third kappa shape index (κ3) is 4.62. The van der Waals surface area contributed by atoms with Crippen LogP contribution in [0.1, 0.15) is 109 Å². The smallest absolute Gasteiger partial charge is 0.338 e. The van der Waals surface area contributed by atoms with Crippen molar-refractivity contribution in [3.05, 3.63) is 34.9 Å². The summed E-state index contributed by atoms with van der Waals surface area (Å²) in [5.74, 6) is -0.913. The van der Waals surface area contributed by atoms with Gasteiger partial charge in [-0.15, -0.1) is 0 Å². The topological polar surface area (TPSA) is 63.7 Å². The van der Waals surface area contributed by atoms with Gasteiger partial charge in [-0.3, -0.25) is 14.5 Å². The predicted octanol–water partition coefficient (Wildman–Crippen LogP) is 5.13. The molecule has 0 atom stereocenters. The van der Waals surface area contributed by atoms with Crippen molar-refractivity contribution in [3.63, 3.8) is 0 Å². The summed E-state index contributed by atoms with van der Waals surface area (Å²) in [6.07, 6.45) is 11.8. The lowest BCUT2D eigenvalue weighted by atomic mass is 9.94. The predicted molar refractivity (Wildman–Crippen MR) is 107 cm³/mol. The number of rotatable bonds is 9. The molecule has 2 amide bonds. The summed E-state index contributed by atoms with van der Waals surface area (Å²) in [5, 5.41) is 0. The zero-order valence-corrected chi connectivity index (χ0v) is 16.9. The number of hydrogen-bond donors (Lipinski definition) is 0. The van der Waals surface area contributed by atoms with Crippen LogP contribution in [0.15, 0.2) is 18.2 Å². The maximum absolute atomic E-state index is 12.8. The number of hydrogen-bond acceptors (Lipinski definition) is 4. The van der Waals surface area contributed by atoms with E-state index in [2.05, 4.69) is 6.92 Å². The summed E-state index contributed by atoms with van der Waals surface area (Å²) < 4.78 is 5.35. The van der Waals surface area contributed by atoms with Crippen LogP contribution in [-0.4, -0.2) is 35.3 Å². The van der Waals surface area contributed by atoms with Gasteiger partial charge in [-0.1, -0.05) is 58.3 Å². The fourth-order valence-electron chi connectivity index (χ4n) is 4.19. The minimum Gasteiger partial charge on any atom is -0.462 e. The molecule has 0 saturated heterocycles. The normalized spacial score (nSPS) is 17.1. The lowest BCUT2D eigenvalue weighted by molar-refractivity contribution is 0.0496. The monoisotopic (exact) mass is 385 g/mol. The number of imide groups is 1. The number of carbonyl (C=O) groups is 3. The van der Waals surface area contributed by atoms with Crippen molar-refractivity contribution < 1.29 is 19.1 Å². The number of esters is 1. The SMILES string of the molecule is CCCCCCCCOC(=O)c1ccc2c(c1)C(=O)N(C1CCCCC1)C2=O. The highest BCUT2D eigenvalue weighted by Gasteiger charge is 2.40. The molecule has 1 aliphatic heterocycles. The van der Waals surface area contributed by atoms with Gasteiger partial charge in [0.2, 0.25) is 0 Å². The second-order valence-corrected chi connectivity index (χ2v) is 7.94. The number of carbonyl (C=O) groups excluding carboxylic acids is 3. The molecule has 0 spiro atoms. The number of nitrogens with zero attached hydrogens (tertiary/aromatic N) is 1. The van der Waals surface area contributed by atoms with Crippen molar-refractivity contribution in [2.75, 3.05) is 6.61 Å². The van der Waals surface area contributed by atoms with E-state index in [4.69, 9.17) is 4.74 Å². The Morgan fingerprint density at radius 3 is 2.39 bits per heavy atom. The van der Waals surface area contributed by atoms with Crippen molar-refractivity contribution in [1.29, 1.82) is 0 Å². The first-order valence-electron chi connectivity index (χ1n) is 10.8. The van der Waals surface area contributed by atoms with Gasteiger partial charge in [0.05, 0.1) is 23.3 Å². The van der Waals surface area contributed by atoms with Gasteiger partial charge in [-0.2, -0.15) is 0 Å². The second-order valence-electron chi connectivity index (χ2n) is 7.94. The van der Waals surface area contributed by atoms with E-state index < -0.39 is 5.97 Å². The highest BCUT2D eigenvalue weighted by molar-refractivity contribution is 6.22. The van der Waals surface area contributed by atoms with Crippen LogP contribution in [0.25, 0.3) is 0 Å². The Morgan fingerprint density at radius 2 is 1.64 bits per heavy atom. The third-order valence-corrected chi connectivity index (χ3v) is 5.82. The maximum Gasteiger partial charge on any atom is 0.338 e. The molecule has 2 aliphatic rings. The molecule has 0 bridgehead atoms. The molecular formula is C23H31NO4. The van der Waals surface area contributed by atoms with E-state index in [0.717, 1.165) is 51.4 Å². The van der Waals surface area contributed by atoms with Crippen molar-refractivity contribution >= 4 is 17.8 Å². The van der Waals surface area contributed by atoms with E-state index in [1.54, 1.807) is 12.1 Å². The van der Waals surface area contributed by atoms with Gasteiger partial charge < -0.3 is 4.74 Å². The Morgan fingerprint density at radius 1 is 0.964 bits per heavy atom. The fraction of sp³-hybridized carbons (Fsp3) is 0.609. The molecule has 1 heterocycles. The van der Waals surface area contributed by atoms with E-state index >= 15 is 0 Å². The minimum atomic E-state index is -0.423. The molecule has 1 aromatic rings. The van der Waals surface area contributed by atoms with Crippen molar-refractivity contribution in [1.82, 2.24) is 4.90 Å². The molecule has 0 unspecified atom stereocenters. The first-order valence-corrected chi connectivity index (χ1v) is 10.8. The van der Waals surface area contributed by atoms with Gasteiger partial charge in [-0.25, -0.2) is 4.79 Å². The lowest BCUT2D eigenvalue weighted by Gasteiger charge is -2.29. The van der Waals surface area contributed by atoms with Crippen molar-refractivity contribution in [2.45, 2.75) is 83.6 Å². The fourth-order valence-corrected chi connectivity index (χ4v) is 4.19. The van der Waals surface area contributed by atoms with E-state index in [1.807, 2.05) is 0 Å². The van der Waals surface area contributed by atoms with Crippen LogP contribution in [0.3, 0.4) is 0 Å². The summed E-state index contributed by atoms with van der Waals surface area (Å²) in [7, 11) is 0. The average Bonchev–Trinajstić information content (AvgIpc) is 2.97. The zero-order chi connectivity index (χ0) is 19.9. The average molecular weight is 386 g/mol. The van der Waals surface area contributed by atoms with Gasteiger partial charge in [0, 0.05) is 6.04 Å². The molecule has 3 rings (SSSR count). The number of fused-ring (bicyclic) bond motifs is 1. The summed E-state index contributed by atoms with van der Waals surface area (Å²) >= 11 is 0. The number of ether oxygens (including phenoxy) is 1. The van der Waals surface area contributed by atoms with Gasteiger partial charge >= 0.3 is 5.97 Å². The number of amides is 2. The molecule has 0 aromatic heterocycles. The van der Waals surface area contributed by atoms with E-state index in [-0.39, 0.29) is 17.9 Å². The molecule has 5 nitrogen and oxygen atoms in total. The van der Waals surface area contributed by atoms with Gasteiger partial charge in [-0.05, 0) is 37.5 Å². The first-order chi connectivity index (χ1) is 13.6. The molecule has 28 heavy (non-hydrogen) atoms. The Bertz CT molecular complexity index is 721. The van der Waals surface area contributed by atoms with Crippen LogP contribution < -0.4 is 0 Å². The Balaban J connectivity index is 1.57. The molecule has 152 valence electrons. The molecule has 1 fully saturated rings. The van der Waals surface area contributed by atoms with E-state index in [0.29, 0.717) is 23.3 Å². The van der Waals surface area contributed by atoms with Gasteiger partial charge in [0.15, 0.2) is 0 Å². The highest BCUT2D eigenvalue weighted by Crippen LogP contribution is 2.31. The van der Waals surface area contributed by atoms with Gasteiger partial charge in [0.25, 0.3) is 11.8 Å². The maximum atomic E-state index is 12.8. The second kappa shape index (κ2) is 9.85. The quantitative estimate of drug-likeness (QED) is 0.336. The molecule has 0 N–H and O–H groups in total. The highest BCUT2D eigenvalue weighted by atomic mass is 16.5. The summed E-state index contributed by atoms with van der Waals surface area (Å²) in [6.45, 7) is 2.58. The van der Waals surface area contributed by atoms with Crippen LogP contribution in [0.2, 0.25) is 0 Å². The Hall–Kier alpha value is -2.17. The third-order valence-electron chi connectivity index (χ3n) is 5.82. The lowest BCUT2D eigenvalue weighted by Crippen LogP contribution is -2.40. The molecule has 1 aromatic carbocycles. The summed E-state index contributed by atoms with van der Waals surface area (Å²) in [4.78, 5) is 39.2. The summed E-state index contributed by atoms with van der Waals surface area (Å²) in [5.41, 5.74) is 1.09. The largest absolute Gasteiger partial charge is 0.462 e.